The zero-order chi connectivity index (χ0) is 35.1. The fourth-order valence-corrected chi connectivity index (χ4v) is 8.65. The lowest BCUT2D eigenvalue weighted by Crippen LogP contribution is -2.50. The lowest BCUT2D eigenvalue weighted by Gasteiger charge is -2.42. The summed E-state index contributed by atoms with van der Waals surface area (Å²) in [5.74, 6) is 0. The van der Waals surface area contributed by atoms with Gasteiger partial charge in [0.25, 0.3) is 0 Å². The van der Waals surface area contributed by atoms with Crippen LogP contribution in [0.2, 0.25) is 36.3 Å². The van der Waals surface area contributed by atoms with Crippen LogP contribution in [0.1, 0.15) is 184 Å². The lowest BCUT2D eigenvalue weighted by molar-refractivity contribution is 0.0680. The minimum absolute atomic E-state index is 0.222. The molecule has 0 saturated heterocycles. The van der Waals surface area contributed by atoms with Gasteiger partial charge in [-0.25, -0.2) is 0 Å². The first-order chi connectivity index (χ1) is 21.5. The molecular weight excluding hydrogens is 597 g/mol. The molecule has 0 heterocycles. The summed E-state index contributed by atoms with van der Waals surface area (Å²) in [6.45, 7) is 32.6. The summed E-state index contributed by atoms with van der Waals surface area (Å²) < 4.78 is 14.5. The average molecular weight is 685 g/mol. The topological polar surface area (TPSA) is 47.7 Å². The van der Waals surface area contributed by atoms with E-state index in [0.29, 0.717) is 12.2 Å². The van der Waals surface area contributed by atoms with Crippen molar-refractivity contribution < 1.29 is 8.85 Å². The van der Waals surface area contributed by atoms with Crippen molar-refractivity contribution in [2.45, 2.75) is 232 Å². The summed E-state index contributed by atoms with van der Waals surface area (Å²) in [7, 11) is -3.76. The molecule has 278 valence electrons. The first kappa shape index (κ1) is 46.3. The van der Waals surface area contributed by atoms with E-state index in [1.165, 1.54) is 116 Å². The van der Waals surface area contributed by atoms with Crippen molar-refractivity contribution in [2.24, 2.45) is 5.73 Å². The molecule has 0 spiro atoms. The molecule has 0 bridgehead atoms. The van der Waals surface area contributed by atoms with E-state index in [2.05, 4.69) is 86.5 Å². The number of nitrogens with zero attached hydrogens (tertiary/aromatic N) is 1. The number of unbranched alkanes of at least 4 members (excludes halogenated alkanes) is 15. The second-order valence-electron chi connectivity index (χ2n) is 17.8. The Morgan fingerprint density at radius 2 is 0.826 bits per heavy atom. The molecule has 2 atom stereocenters. The highest BCUT2D eigenvalue weighted by Gasteiger charge is 2.41. The van der Waals surface area contributed by atoms with Crippen LogP contribution in [-0.2, 0) is 8.85 Å². The quantitative estimate of drug-likeness (QED) is 0.0604. The van der Waals surface area contributed by atoms with Gasteiger partial charge in [-0.3, -0.25) is 4.90 Å². The van der Waals surface area contributed by atoms with Crippen LogP contribution >= 0.6 is 0 Å². The van der Waals surface area contributed by atoms with Gasteiger partial charge in [0.2, 0.25) is 0 Å². The molecule has 0 aliphatic carbocycles. The number of hydrogen-bond donors (Lipinski definition) is 1. The van der Waals surface area contributed by atoms with E-state index in [1.807, 2.05) is 0 Å². The Bertz CT molecular complexity index is 648. The maximum Gasteiger partial charge on any atom is 0.192 e. The van der Waals surface area contributed by atoms with Gasteiger partial charge in [-0.2, -0.15) is 0 Å². The molecule has 0 aliphatic heterocycles. The van der Waals surface area contributed by atoms with Gasteiger partial charge in [-0.1, -0.05) is 158 Å². The summed E-state index contributed by atoms with van der Waals surface area (Å²) in [6, 6.07) is 0. The molecule has 0 radical (unpaired) electrons. The van der Waals surface area contributed by atoms with E-state index >= 15 is 0 Å². The summed E-state index contributed by atoms with van der Waals surface area (Å²) >= 11 is 0. The summed E-state index contributed by atoms with van der Waals surface area (Å²) in [6.07, 6.45) is 27.0. The molecule has 0 aliphatic rings. The molecule has 46 heavy (non-hydrogen) atoms. The van der Waals surface area contributed by atoms with E-state index < -0.39 is 16.6 Å². The predicted molar refractivity (Wildman–Crippen MR) is 213 cm³/mol. The van der Waals surface area contributed by atoms with E-state index in [4.69, 9.17) is 14.6 Å². The van der Waals surface area contributed by atoms with Crippen molar-refractivity contribution in [3.05, 3.63) is 0 Å². The Morgan fingerprint density at radius 3 is 1.13 bits per heavy atom. The zero-order valence-electron chi connectivity index (χ0n) is 34.0. The molecule has 0 aromatic heterocycles. The molecule has 0 amide bonds. The van der Waals surface area contributed by atoms with Crippen molar-refractivity contribution >= 4 is 16.6 Å². The second-order valence-corrected chi connectivity index (χ2v) is 27.3. The fraction of sp³-hybridized carbons (Fsp3) is 1.00. The maximum atomic E-state index is 7.23. The number of rotatable bonds is 30. The third kappa shape index (κ3) is 22.1. The maximum absolute atomic E-state index is 7.23. The van der Waals surface area contributed by atoms with Gasteiger partial charge in [0, 0.05) is 13.1 Å². The Labute approximate surface area is 293 Å². The van der Waals surface area contributed by atoms with Crippen LogP contribution < -0.4 is 5.73 Å². The molecule has 0 aromatic rings. The highest BCUT2D eigenvalue weighted by molar-refractivity contribution is 6.74. The van der Waals surface area contributed by atoms with Crippen LogP contribution in [0.4, 0.5) is 0 Å². The molecule has 2 N–H and O–H groups in total. The molecule has 2 unspecified atom stereocenters. The van der Waals surface area contributed by atoms with Crippen LogP contribution in [0.3, 0.4) is 0 Å². The highest BCUT2D eigenvalue weighted by atomic mass is 28.4. The highest BCUT2D eigenvalue weighted by Crippen LogP contribution is 2.39. The van der Waals surface area contributed by atoms with Gasteiger partial charge in [0.05, 0.1) is 12.2 Å². The van der Waals surface area contributed by atoms with Crippen molar-refractivity contribution in [3.63, 3.8) is 0 Å². The molecule has 0 fully saturated rings. The smallest absolute Gasteiger partial charge is 0.192 e. The molecule has 4 nitrogen and oxygen atoms in total. The Morgan fingerprint density at radius 1 is 0.500 bits per heavy atom. The van der Waals surface area contributed by atoms with Crippen LogP contribution in [-0.4, -0.2) is 59.9 Å². The summed E-state index contributed by atoms with van der Waals surface area (Å²) in [5.41, 5.74) is 5.99. The van der Waals surface area contributed by atoms with Gasteiger partial charge in [0.15, 0.2) is 16.6 Å². The number of hydrogen-bond acceptors (Lipinski definition) is 4. The average Bonchev–Trinajstić information content (AvgIpc) is 2.94. The lowest BCUT2D eigenvalue weighted by atomic mass is 10.0. The fourth-order valence-electron chi connectivity index (χ4n) is 5.89. The minimum atomic E-state index is -1.88. The SMILES string of the molecule is CCCCCCCCCCC(CN(CCCCN)CC(CCCCCCCCCC)O[Si](C)(C)C(C)(C)C)O[Si](C)(C)C(C)(C)C. The first-order valence-electron chi connectivity index (χ1n) is 20.3. The van der Waals surface area contributed by atoms with Gasteiger partial charge in [-0.05, 0) is 75.0 Å². The standard InChI is InChI=1S/C40H88N2O2Si2/c1-13-15-17-19-21-23-25-27-31-37(43-45(9,10)39(3,4)5)35-42(34-30-29-33-41)36-38(44-46(11,12)40(6,7)8)32-28-26-24-22-20-18-16-14-2/h37-38H,13-36,41H2,1-12H3. The van der Waals surface area contributed by atoms with Crippen molar-refractivity contribution in [3.8, 4) is 0 Å². The minimum Gasteiger partial charge on any atom is -0.413 e. The second kappa shape index (κ2) is 25.3. The van der Waals surface area contributed by atoms with Gasteiger partial charge >= 0.3 is 0 Å². The van der Waals surface area contributed by atoms with Crippen LogP contribution in [0, 0.1) is 0 Å². The monoisotopic (exact) mass is 685 g/mol. The molecule has 6 heteroatoms. The van der Waals surface area contributed by atoms with E-state index in [0.717, 1.165) is 39.0 Å². The van der Waals surface area contributed by atoms with Gasteiger partial charge < -0.3 is 14.6 Å². The summed E-state index contributed by atoms with van der Waals surface area (Å²) in [5, 5.41) is 0.443. The van der Waals surface area contributed by atoms with Crippen LogP contribution in [0.5, 0.6) is 0 Å². The third-order valence-corrected chi connectivity index (χ3v) is 20.2. The number of nitrogens with two attached hydrogens (primary N) is 1. The van der Waals surface area contributed by atoms with E-state index in [1.54, 1.807) is 0 Å². The Kier molecular flexibility index (Phi) is 25.4. The Balaban J connectivity index is 5.71. The predicted octanol–water partition coefficient (Wildman–Crippen LogP) is 12.9. The van der Waals surface area contributed by atoms with Gasteiger partial charge in [-0.15, -0.1) is 0 Å². The summed E-state index contributed by atoms with van der Waals surface area (Å²) in [4.78, 5) is 2.74. The van der Waals surface area contributed by atoms with Crippen LogP contribution in [0.15, 0.2) is 0 Å². The normalized spacial score (nSPS) is 14.7. The molecule has 0 saturated carbocycles. The van der Waals surface area contributed by atoms with Gasteiger partial charge in [0.1, 0.15) is 0 Å². The molecule has 0 aromatic carbocycles. The zero-order valence-corrected chi connectivity index (χ0v) is 36.0. The molecular formula is C40H88N2O2Si2. The van der Waals surface area contributed by atoms with E-state index in [-0.39, 0.29) is 10.1 Å². The van der Waals surface area contributed by atoms with Crippen molar-refractivity contribution in [2.75, 3.05) is 26.2 Å². The van der Waals surface area contributed by atoms with Crippen molar-refractivity contribution in [1.82, 2.24) is 4.90 Å². The van der Waals surface area contributed by atoms with Crippen molar-refractivity contribution in [1.29, 1.82) is 0 Å². The first-order valence-corrected chi connectivity index (χ1v) is 26.1. The Hall–Kier alpha value is 0.274. The third-order valence-electron chi connectivity index (χ3n) is 11.1. The van der Waals surface area contributed by atoms with Crippen LogP contribution in [0.25, 0.3) is 0 Å². The van der Waals surface area contributed by atoms with E-state index in [9.17, 15) is 0 Å². The largest absolute Gasteiger partial charge is 0.413 e. The molecule has 0 rings (SSSR count).